The highest BCUT2D eigenvalue weighted by Crippen LogP contribution is 2.34. The molecule has 0 saturated heterocycles. The van der Waals surface area contributed by atoms with E-state index in [2.05, 4.69) is 4.98 Å². The Morgan fingerprint density at radius 1 is 1.59 bits per heavy atom. The maximum atomic E-state index is 10.9. The fourth-order valence-corrected chi connectivity index (χ4v) is 2.24. The first-order valence-electron chi connectivity index (χ1n) is 5.55. The number of nitrogens with zero attached hydrogens (tertiary/aromatic N) is 2. The molecule has 0 unspecified atom stereocenters. The number of allylic oxidation sites excluding steroid dienone is 1. The lowest BCUT2D eigenvalue weighted by molar-refractivity contribution is -0.385. The fourth-order valence-electron chi connectivity index (χ4n) is 2.24. The minimum atomic E-state index is -0.512. The monoisotopic (exact) mass is 234 g/mol. The molecule has 1 aliphatic rings. The number of pyridine rings is 1. The molecule has 1 aromatic heterocycles. The molecule has 0 bridgehead atoms. The van der Waals surface area contributed by atoms with Crippen LogP contribution < -0.4 is 0 Å². The fraction of sp³-hybridized carbons (Fsp3) is 0.417. The second-order valence-electron chi connectivity index (χ2n) is 4.45. The van der Waals surface area contributed by atoms with Crippen LogP contribution in [0, 0.1) is 16.0 Å². The molecule has 0 spiro atoms. The standard InChI is InChI=1S/C12H14N2O3/c1-8-4-9(6-10(15)5-8)11-2-3-13-7-12(11)14(16)17/h2-3,6-8,10,15H,4-5H2,1H3/t8-,10-/m1/s1. The van der Waals surface area contributed by atoms with E-state index in [9.17, 15) is 15.2 Å². The van der Waals surface area contributed by atoms with E-state index < -0.39 is 11.0 Å². The van der Waals surface area contributed by atoms with Crippen molar-refractivity contribution in [2.75, 3.05) is 0 Å². The first-order chi connectivity index (χ1) is 8.08. The molecule has 17 heavy (non-hydrogen) atoms. The van der Waals surface area contributed by atoms with Crippen LogP contribution in [0.2, 0.25) is 0 Å². The Balaban J connectivity index is 2.43. The van der Waals surface area contributed by atoms with Gasteiger partial charge in [-0.25, -0.2) is 0 Å². The van der Waals surface area contributed by atoms with E-state index in [4.69, 9.17) is 0 Å². The molecule has 5 nitrogen and oxygen atoms in total. The molecule has 0 saturated carbocycles. The number of hydrogen-bond acceptors (Lipinski definition) is 4. The molecule has 90 valence electrons. The van der Waals surface area contributed by atoms with Gasteiger partial charge >= 0.3 is 0 Å². The van der Waals surface area contributed by atoms with Crippen molar-refractivity contribution >= 4 is 11.3 Å². The SMILES string of the molecule is C[C@@H]1CC(c2ccncc2[N+](=O)[O-])=C[C@H](O)C1. The molecule has 1 aliphatic carbocycles. The zero-order valence-electron chi connectivity index (χ0n) is 9.54. The average molecular weight is 234 g/mol. The van der Waals surface area contributed by atoms with E-state index in [0.717, 1.165) is 12.0 Å². The van der Waals surface area contributed by atoms with E-state index in [1.54, 1.807) is 12.1 Å². The Kier molecular flexibility index (Phi) is 3.19. The van der Waals surface area contributed by atoms with E-state index in [1.165, 1.54) is 12.4 Å². The largest absolute Gasteiger partial charge is 0.389 e. The Hall–Kier alpha value is -1.75. The van der Waals surface area contributed by atoms with Gasteiger partial charge in [0.25, 0.3) is 5.69 Å². The predicted octanol–water partition coefficient (Wildman–Crippen LogP) is 2.16. The van der Waals surface area contributed by atoms with Crippen LogP contribution in [0.1, 0.15) is 25.3 Å². The second-order valence-corrected chi connectivity index (χ2v) is 4.45. The molecule has 5 heteroatoms. The summed E-state index contributed by atoms with van der Waals surface area (Å²) in [5.74, 6) is 0.331. The molecule has 1 heterocycles. The first kappa shape index (κ1) is 11.7. The maximum Gasteiger partial charge on any atom is 0.294 e. The molecule has 2 atom stereocenters. The summed E-state index contributed by atoms with van der Waals surface area (Å²) in [4.78, 5) is 14.2. The molecule has 2 rings (SSSR count). The summed E-state index contributed by atoms with van der Waals surface area (Å²) in [6.07, 6.45) is 5.45. The van der Waals surface area contributed by atoms with Crippen LogP contribution in [0.25, 0.3) is 5.57 Å². The first-order valence-corrected chi connectivity index (χ1v) is 5.55. The van der Waals surface area contributed by atoms with Gasteiger partial charge in [-0.3, -0.25) is 15.1 Å². The summed E-state index contributed by atoms with van der Waals surface area (Å²) in [5, 5.41) is 20.6. The second kappa shape index (κ2) is 4.63. The summed E-state index contributed by atoms with van der Waals surface area (Å²) < 4.78 is 0. The lowest BCUT2D eigenvalue weighted by atomic mass is 9.85. The van der Waals surface area contributed by atoms with Crippen molar-refractivity contribution < 1.29 is 10.0 Å². The number of nitro groups is 1. The van der Waals surface area contributed by atoms with Gasteiger partial charge in [-0.15, -0.1) is 0 Å². The Bertz CT molecular complexity index is 471. The number of hydrogen-bond donors (Lipinski definition) is 1. The van der Waals surface area contributed by atoms with Crippen LogP contribution in [0.3, 0.4) is 0 Å². The Morgan fingerprint density at radius 3 is 3.00 bits per heavy atom. The van der Waals surface area contributed by atoms with Gasteiger partial charge in [0.1, 0.15) is 6.20 Å². The zero-order valence-corrected chi connectivity index (χ0v) is 9.54. The van der Waals surface area contributed by atoms with Crippen LogP contribution in [0.4, 0.5) is 5.69 Å². The van der Waals surface area contributed by atoms with Crippen molar-refractivity contribution in [1.29, 1.82) is 0 Å². The summed E-state index contributed by atoms with van der Waals surface area (Å²) >= 11 is 0. The highest BCUT2D eigenvalue weighted by molar-refractivity contribution is 5.73. The number of aliphatic hydroxyl groups is 1. The number of aromatic nitrogens is 1. The van der Waals surface area contributed by atoms with Crippen molar-refractivity contribution in [3.63, 3.8) is 0 Å². The summed E-state index contributed by atoms with van der Waals surface area (Å²) in [5.41, 5.74) is 1.40. The van der Waals surface area contributed by atoms with Crippen molar-refractivity contribution in [3.8, 4) is 0 Å². The van der Waals surface area contributed by atoms with Gasteiger partial charge in [0.2, 0.25) is 0 Å². The van der Waals surface area contributed by atoms with E-state index in [-0.39, 0.29) is 5.69 Å². The van der Waals surface area contributed by atoms with E-state index in [0.29, 0.717) is 17.9 Å². The molecule has 0 aliphatic heterocycles. The maximum absolute atomic E-state index is 10.9. The van der Waals surface area contributed by atoms with Gasteiger partial charge in [-0.05, 0) is 30.4 Å². The minimum absolute atomic E-state index is 0.0000463. The number of aliphatic hydroxyl groups excluding tert-OH is 1. The van der Waals surface area contributed by atoms with Gasteiger partial charge in [0.15, 0.2) is 0 Å². The third-order valence-electron chi connectivity index (χ3n) is 2.95. The lowest BCUT2D eigenvalue weighted by Crippen LogP contribution is -2.16. The van der Waals surface area contributed by atoms with Crippen molar-refractivity contribution in [3.05, 3.63) is 40.2 Å². The summed E-state index contributed by atoms with van der Waals surface area (Å²) in [6.45, 7) is 2.03. The third-order valence-corrected chi connectivity index (χ3v) is 2.95. The van der Waals surface area contributed by atoms with Gasteiger partial charge in [0, 0.05) is 6.20 Å². The topological polar surface area (TPSA) is 76.3 Å². The Labute approximate surface area is 99.0 Å². The lowest BCUT2D eigenvalue weighted by Gasteiger charge is -2.22. The Morgan fingerprint density at radius 2 is 2.35 bits per heavy atom. The van der Waals surface area contributed by atoms with Gasteiger partial charge < -0.3 is 5.11 Å². The van der Waals surface area contributed by atoms with Crippen molar-refractivity contribution in [1.82, 2.24) is 4.98 Å². The van der Waals surface area contributed by atoms with Crippen LogP contribution in [0.5, 0.6) is 0 Å². The smallest absolute Gasteiger partial charge is 0.294 e. The zero-order chi connectivity index (χ0) is 12.4. The van der Waals surface area contributed by atoms with Crippen LogP contribution in [0.15, 0.2) is 24.5 Å². The normalized spacial score (nSPS) is 24.2. The third kappa shape index (κ3) is 2.50. The predicted molar refractivity (Wildman–Crippen MR) is 63.3 cm³/mol. The van der Waals surface area contributed by atoms with E-state index in [1.807, 2.05) is 6.92 Å². The summed E-state index contributed by atoms with van der Waals surface area (Å²) in [7, 11) is 0. The van der Waals surface area contributed by atoms with Gasteiger partial charge in [-0.1, -0.05) is 13.0 Å². The minimum Gasteiger partial charge on any atom is -0.389 e. The molecule has 1 N–H and O–H groups in total. The molecule has 0 amide bonds. The molecule has 0 aromatic carbocycles. The molecule has 0 radical (unpaired) electrons. The number of rotatable bonds is 2. The van der Waals surface area contributed by atoms with Crippen molar-refractivity contribution in [2.45, 2.75) is 25.9 Å². The quantitative estimate of drug-likeness (QED) is 0.628. The molecule has 0 fully saturated rings. The summed E-state index contributed by atoms with van der Waals surface area (Å²) in [6, 6.07) is 1.63. The molecular weight excluding hydrogens is 220 g/mol. The van der Waals surface area contributed by atoms with Gasteiger partial charge in [-0.2, -0.15) is 0 Å². The molecular formula is C12H14N2O3. The van der Waals surface area contributed by atoms with Crippen LogP contribution in [-0.4, -0.2) is 21.1 Å². The van der Waals surface area contributed by atoms with Crippen molar-refractivity contribution in [2.24, 2.45) is 5.92 Å². The molecule has 1 aromatic rings. The van der Waals surface area contributed by atoms with Crippen LogP contribution in [-0.2, 0) is 0 Å². The van der Waals surface area contributed by atoms with Gasteiger partial charge in [0.05, 0.1) is 16.6 Å². The van der Waals surface area contributed by atoms with E-state index >= 15 is 0 Å². The highest BCUT2D eigenvalue weighted by Gasteiger charge is 2.23. The average Bonchev–Trinajstić information content (AvgIpc) is 2.27. The van der Waals surface area contributed by atoms with Crippen LogP contribution >= 0.6 is 0 Å². The highest BCUT2D eigenvalue weighted by atomic mass is 16.6.